The summed E-state index contributed by atoms with van der Waals surface area (Å²) in [7, 11) is -3.55. The number of anilines is 1. The average molecular weight is 472 g/mol. The van der Waals surface area contributed by atoms with Crippen LogP contribution in [0.25, 0.3) is 0 Å². The standard InChI is InChI=1S/C23H25N3O4S2/c27-32(28,23-7-4-14-31-23)24-16-20(18-8-9-21-22(15-18)30-17-29-21)26-12-10-25(11-13-26)19-5-2-1-3-6-19/h1-9,14-15,20,24H,10-13,16-17H2. The molecule has 1 atom stereocenters. The molecule has 1 saturated heterocycles. The van der Waals surface area contributed by atoms with E-state index in [4.69, 9.17) is 9.47 Å². The number of nitrogens with one attached hydrogen (secondary N) is 1. The largest absolute Gasteiger partial charge is 0.454 e. The number of hydrogen-bond acceptors (Lipinski definition) is 7. The van der Waals surface area contributed by atoms with Gasteiger partial charge in [-0.15, -0.1) is 11.3 Å². The van der Waals surface area contributed by atoms with E-state index in [0.717, 1.165) is 37.5 Å². The second-order valence-electron chi connectivity index (χ2n) is 7.77. The molecular weight excluding hydrogens is 446 g/mol. The van der Waals surface area contributed by atoms with Crippen LogP contribution in [0.4, 0.5) is 5.69 Å². The number of rotatable bonds is 7. The van der Waals surface area contributed by atoms with Gasteiger partial charge in [-0.3, -0.25) is 4.90 Å². The third kappa shape index (κ3) is 4.47. The highest BCUT2D eigenvalue weighted by Gasteiger charge is 2.28. The second-order valence-corrected chi connectivity index (χ2v) is 10.7. The Kier molecular flexibility index (Phi) is 6.05. The highest BCUT2D eigenvalue weighted by molar-refractivity contribution is 7.91. The lowest BCUT2D eigenvalue weighted by Gasteiger charge is -2.40. The number of hydrogen-bond donors (Lipinski definition) is 1. The number of ether oxygens (including phenoxy) is 2. The number of para-hydroxylation sites is 1. The van der Waals surface area contributed by atoms with Crippen LogP contribution in [-0.4, -0.2) is 52.8 Å². The first-order chi connectivity index (χ1) is 15.6. The summed E-state index contributed by atoms with van der Waals surface area (Å²) in [5.41, 5.74) is 2.22. The maximum Gasteiger partial charge on any atom is 0.250 e. The van der Waals surface area contributed by atoms with Gasteiger partial charge in [0.2, 0.25) is 16.8 Å². The fourth-order valence-corrected chi connectivity index (χ4v) is 6.26. The zero-order valence-corrected chi connectivity index (χ0v) is 19.1. The Labute approximate surface area is 192 Å². The summed E-state index contributed by atoms with van der Waals surface area (Å²) >= 11 is 1.22. The minimum atomic E-state index is -3.55. The van der Waals surface area contributed by atoms with Crippen molar-refractivity contribution in [2.45, 2.75) is 10.3 Å². The first-order valence-corrected chi connectivity index (χ1v) is 12.9. The lowest BCUT2D eigenvalue weighted by molar-refractivity contribution is 0.173. The van der Waals surface area contributed by atoms with Gasteiger partial charge in [0.1, 0.15) is 4.21 Å². The van der Waals surface area contributed by atoms with E-state index < -0.39 is 10.0 Å². The van der Waals surface area contributed by atoms with Crippen molar-refractivity contribution in [2.75, 3.05) is 44.4 Å². The summed E-state index contributed by atoms with van der Waals surface area (Å²) in [6, 6.07) is 19.5. The van der Waals surface area contributed by atoms with Crippen LogP contribution >= 0.6 is 11.3 Å². The molecule has 7 nitrogen and oxygen atoms in total. The lowest BCUT2D eigenvalue weighted by atomic mass is 10.0. The number of nitrogens with zero attached hydrogens (tertiary/aromatic N) is 2. The first-order valence-electron chi connectivity index (χ1n) is 10.6. The molecule has 2 aliphatic rings. The van der Waals surface area contributed by atoms with Crippen LogP contribution in [0.3, 0.4) is 0 Å². The predicted molar refractivity (Wildman–Crippen MR) is 125 cm³/mol. The molecule has 2 aromatic carbocycles. The Morgan fingerprint density at radius 3 is 2.47 bits per heavy atom. The topological polar surface area (TPSA) is 71.1 Å². The van der Waals surface area contributed by atoms with Gasteiger partial charge in [0.05, 0.1) is 0 Å². The smallest absolute Gasteiger partial charge is 0.250 e. The van der Waals surface area contributed by atoms with Gasteiger partial charge in [0, 0.05) is 44.5 Å². The van der Waals surface area contributed by atoms with Crippen molar-refractivity contribution in [3.8, 4) is 11.5 Å². The van der Waals surface area contributed by atoms with Crippen LogP contribution in [0.2, 0.25) is 0 Å². The number of piperazine rings is 1. The van der Waals surface area contributed by atoms with Gasteiger partial charge in [0.15, 0.2) is 11.5 Å². The second kappa shape index (κ2) is 9.11. The van der Waals surface area contributed by atoms with Gasteiger partial charge in [0.25, 0.3) is 0 Å². The minimum absolute atomic E-state index is 0.114. The molecule has 0 spiro atoms. The van der Waals surface area contributed by atoms with Crippen LogP contribution in [0, 0.1) is 0 Å². The van der Waals surface area contributed by atoms with E-state index in [0.29, 0.717) is 9.96 Å². The summed E-state index contributed by atoms with van der Waals surface area (Å²) in [6.07, 6.45) is 0. The Balaban J connectivity index is 1.35. The molecule has 1 unspecified atom stereocenters. The molecule has 9 heteroatoms. The third-order valence-corrected chi connectivity index (χ3v) is 8.71. The van der Waals surface area contributed by atoms with Crippen LogP contribution in [0.15, 0.2) is 70.3 Å². The van der Waals surface area contributed by atoms with Crippen molar-refractivity contribution >= 4 is 27.0 Å². The lowest BCUT2D eigenvalue weighted by Crippen LogP contribution is -2.49. The van der Waals surface area contributed by atoms with Crippen molar-refractivity contribution in [3.05, 3.63) is 71.6 Å². The Morgan fingerprint density at radius 2 is 1.72 bits per heavy atom. The number of benzene rings is 2. The van der Waals surface area contributed by atoms with Crippen molar-refractivity contribution in [2.24, 2.45) is 0 Å². The number of thiophene rings is 1. The normalized spacial score (nSPS) is 17.4. The summed E-state index contributed by atoms with van der Waals surface area (Å²) in [4.78, 5) is 4.71. The van der Waals surface area contributed by atoms with Gasteiger partial charge >= 0.3 is 0 Å². The van der Waals surface area contributed by atoms with Crippen molar-refractivity contribution < 1.29 is 17.9 Å². The molecule has 1 N–H and O–H groups in total. The first kappa shape index (κ1) is 21.3. The highest BCUT2D eigenvalue weighted by atomic mass is 32.2. The summed E-state index contributed by atoms with van der Waals surface area (Å²) < 4.78 is 39.7. The van der Waals surface area contributed by atoms with Crippen molar-refractivity contribution in [1.29, 1.82) is 0 Å². The monoisotopic (exact) mass is 471 g/mol. The average Bonchev–Trinajstić information content (AvgIpc) is 3.53. The molecule has 1 aromatic heterocycles. The fourth-order valence-electron chi connectivity index (χ4n) is 4.18. The molecule has 5 rings (SSSR count). The molecule has 2 aliphatic heterocycles. The molecule has 0 amide bonds. The van der Waals surface area contributed by atoms with Gasteiger partial charge < -0.3 is 14.4 Å². The zero-order chi connectivity index (χ0) is 22.0. The molecule has 3 aromatic rings. The molecule has 3 heterocycles. The third-order valence-electron chi connectivity index (χ3n) is 5.88. The molecule has 0 aliphatic carbocycles. The van der Waals surface area contributed by atoms with Gasteiger partial charge in [-0.2, -0.15) is 0 Å². The summed E-state index contributed by atoms with van der Waals surface area (Å²) in [6.45, 7) is 3.91. The van der Waals surface area contributed by atoms with Crippen molar-refractivity contribution in [3.63, 3.8) is 0 Å². The van der Waals surface area contributed by atoms with Gasteiger partial charge in [-0.05, 0) is 41.3 Å². The maximum atomic E-state index is 12.8. The van der Waals surface area contributed by atoms with E-state index in [1.54, 1.807) is 17.5 Å². The molecule has 0 radical (unpaired) electrons. The zero-order valence-electron chi connectivity index (χ0n) is 17.5. The molecule has 1 fully saturated rings. The van der Waals surface area contributed by atoms with Crippen LogP contribution < -0.4 is 19.1 Å². The number of sulfonamides is 1. The predicted octanol–water partition coefficient (Wildman–Crippen LogP) is 3.32. The van der Waals surface area contributed by atoms with E-state index in [1.165, 1.54) is 17.0 Å². The Bertz CT molecular complexity index is 1150. The Hall–Kier alpha value is -2.59. The minimum Gasteiger partial charge on any atom is -0.454 e. The van der Waals surface area contributed by atoms with E-state index >= 15 is 0 Å². The Morgan fingerprint density at radius 1 is 0.938 bits per heavy atom. The molecule has 32 heavy (non-hydrogen) atoms. The van der Waals surface area contributed by atoms with E-state index in [9.17, 15) is 8.42 Å². The molecule has 168 valence electrons. The number of fused-ring (bicyclic) bond motifs is 1. The molecule has 0 saturated carbocycles. The van der Waals surface area contributed by atoms with Gasteiger partial charge in [-0.1, -0.05) is 30.3 Å². The van der Waals surface area contributed by atoms with E-state index in [2.05, 4.69) is 38.8 Å². The van der Waals surface area contributed by atoms with Crippen LogP contribution in [-0.2, 0) is 10.0 Å². The van der Waals surface area contributed by atoms with Crippen LogP contribution in [0.1, 0.15) is 11.6 Å². The van der Waals surface area contributed by atoms with Crippen molar-refractivity contribution in [1.82, 2.24) is 9.62 Å². The summed E-state index contributed by atoms with van der Waals surface area (Å²) in [5.74, 6) is 1.43. The van der Waals surface area contributed by atoms with E-state index in [-0.39, 0.29) is 19.4 Å². The SMILES string of the molecule is O=S(=O)(NCC(c1ccc2c(c1)OCO2)N1CCN(c2ccccc2)CC1)c1cccs1. The van der Waals surface area contributed by atoms with E-state index in [1.807, 2.05) is 24.3 Å². The summed E-state index contributed by atoms with van der Waals surface area (Å²) in [5, 5.41) is 1.77. The fraction of sp³-hybridized carbons (Fsp3) is 0.304. The van der Waals surface area contributed by atoms with Gasteiger partial charge in [-0.25, -0.2) is 13.1 Å². The highest BCUT2D eigenvalue weighted by Crippen LogP contribution is 2.36. The molecule has 0 bridgehead atoms. The maximum absolute atomic E-state index is 12.8. The quantitative estimate of drug-likeness (QED) is 0.570. The molecular formula is C23H25N3O4S2. The van der Waals surface area contributed by atoms with Crippen LogP contribution in [0.5, 0.6) is 11.5 Å².